The zero-order valence-electron chi connectivity index (χ0n) is 11.6. The van der Waals surface area contributed by atoms with Crippen molar-refractivity contribution in [1.29, 1.82) is 0 Å². The van der Waals surface area contributed by atoms with Crippen molar-refractivity contribution in [2.45, 2.75) is 33.3 Å². The highest BCUT2D eigenvalue weighted by Crippen LogP contribution is 2.07. The molecule has 5 nitrogen and oxygen atoms in total. The van der Waals surface area contributed by atoms with E-state index in [1.54, 1.807) is 14.0 Å². The van der Waals surface area contributed by atoms with Crippen molar-refractivity contribution in [1.82, 2.24) is 4.90 Å². The van der Waals surface area contributed by atoms with E-state index in [2.05, 4.69) is 4.74 Å². The second kappa shape index (κ2) is 6.59. The molecule has 0 N–H and O–H groups in total. The van der Waals surface area contributed by atoms with Crippen LogP contribution in [0, 0.1) is 5.92 Å². The molecule has 0 aliphatic rings. The molecular weight excluding hydrogens is 222 g/mol. The lowest BCUT2D eigenvalue weighted by Crippen LogP contribution is -2.38. The van der Waals surface area contributed by atoms with E-state index in [1.165, 1.54) is 12.0 Å². The molecule has 17 heavy (non-hydrogen) atoms. The van der Waals surface area contributed by atoms with E-state index in [4.69, 9.17) is 4.74 Å². The molecule has 1 atom stereocenters. The van der Waals surface area contributed by atoms with E-state index < -0.39 is 0 Å². The van der Waals surface area contributed by atoms with Gasteiger partial charge in [-0.05, 0) is 20.8 Å². The Morgan fingerprint density at radius 1 is 1.29 bits per heavy atom. The first-order valence-electron chi connectivity index (χ1n) is 5.63. The first-order chi connectivity index (χ1) is 7.67. The highest BCUT2D eigenvalue weighted by atomic mass is 16.5. The van der Waals surface area contributed by atoms with Crippen LogP contribution in [-0.2, 0) is 19.1 Å². The Bertz CT molecular complexity index is 270. The number of methoxy groups -OCH3 is 1. The van der Waals surface area contributed by atoms with E-state index in [0.29, 0.717) is 6.54 Å². The van der Waals surface area contributed by atoms with E-state index in [-0.39, 0.29) is 30.0 Å². The number of nitrogens with zero attached hydrogens (tertiary/aromatic N) is 1. The van der Waals surface area contributed by atoms with Crippen molar-refractivity contribution in [3.8, 4) is 0 Å². The van der Waals surface area contributed by atoms with E-state index in [1.807, 2.05) is 20.8 Å². The monoisotopic (exact) mass is 245 g/mol. The summed E-state index contributed by atoms with van der Waals surface area (Å²) in [6.07, 6.45) is 0. The van der Waals surface area contributed by atoms with Gasteiger partial charge in [0.25, 0.3) is 0 Å². The lowest BCUT2D eigenvalue weighted by Gasteiger charge is -2.23. The van der Waals surface area contributed by atoms with Gasteiger partial charge in [0.05, 0.1) is 18.6 Å². The van der Waals surface area contributed by atoms with Crippen LogP contribution in [-0.4, -0.2) is 49.7 Å². The minimum atomic E-state index is -0.343. The van der Waals surface area contributed by atoms with Crippen LogP contribution in [0.2, 0.25) is 0 Å². The van der Waals surface area contributed by atoms with E-state index in [0.717, 1.165) is 0 Å². The molecule has 0 bridgehead atoms. The summed E-state index contributed by atoms with van der Waals surface area (Å²) in [6.45, 7) is 7.74. The van der Waals surface area contributed by atoms with Crippen molar-refractivity contribution >= 4 is 11.9 Å². The predicted molar refractivity (Wildman–Crippen MR) is 64.5 cm³/mol. The van der Waals surface area contributed by atoms with Gasteiger partial charge in [0, 0.05) is 13.6 Å². The highest BCUT2D eigenvalue weighted by molar-refractivity contribution is 5.78. The average molecular weight is 245 g/mol. The van der Waals surface area contributed by atoms with Gasteiger partial charge < -0.3 is 14.4 Å². The van der Waals surface area contributed by atoms with Crippen LogP contribution in [0.4, 0.5) is 0 Å². The molecule has 0 fully saturated rings. The fourth-order valence-corrected chi connectivity index (χ4v) is 1.18. The van der Waals surface area contributed by atoms with Crippen molar-refractivity contribution in [2.75, 3.05) is 27.3 Å². The maximum atomic E-state index is 11.7. The summed E-state index contributed by atoms with van der Waals surface area (Å²) in [4.78, 5) is 24.4. The zero-order valence-corrected chi connectivity index (χ0v) is 11.6. The molecule has 0 saturated heterocycles. The molecule has 0 aromatic heterocycles. The summed E-state index contributed by atoms with van der Waals surface area (Å²) in [6, 6.07) is 0. The van der Waals surface area contributed by atoms with Crippen LogP contribution in [0.3, 0.4) is 0 Å². The van der Waals surface area contributed by atoms with Gasteiger partial charge in [-0.25, -0.2) is 0 Å². The summed E-state index contributed by atoms with van der Waals surface area (Å²) >= 11 is 0. The number of hydrogen-bond donors (Lipinski definition) is 0. The quantitative estimate of drug-likeness (QED) is 0.680. The van der Waals surface area contributed by atoms with E-state index in [9.17, 15) is 9.59 Å². The molecule has 0 rings (SSSR count). The highest BCUT2D eigenvalue weighted by Gasteiger charge is 2.20. The number of hydrogen-bond acceptors (Lipinski definition) is 4. The molecule has 0 saturated carbocycles. The third-order valence-corrected chi connectivity index (χ3v) is 2.21. The Hall–Kier alpha value is -1.10. The number of rotatable bonds is 5. The van der Waals surface area contributed by atoms with Crippen LogP contribution in [0.5, 0.6) is 0 Å². The van der Waals surface area contributed by atoms with Crippen molar-refractivity contribution in [3.05, 3.63) is 0 Å². The minimum absolute atomic E-state index is 0.0217. The van der Waals surface area contributed by atoms with Gasteiger partial charge in [-0.2, -0.15) is 0 Å². The SMILES string of the molecule is COC(=O)C(C)CN(C)C(=O)COC(C)(C)C. The molecule has 0 spiro atoms. The molecule has 5 heteroatoms. The Morgan fingerprint density at radius 3 is 2.24 bits per heavy atom. The molecule has 0 aliphatic carbocycles. The minimum Gasteiger partial charge on any atom is -0.469 e. The second-order valence-electron chi connectivity index (χ2n) is 5.10. The molecule has 1 amide bonds. The van der Waals surface area contributed by atoms with Gasteiger partial charge in [0.15, 0.2) is 0 Å². The van der Waals surface area contributed by atoms with Crippen molar-refractivity contribution < 1.29 is 19.1 Å². The van der Waals surface area contributed by atoms with Crippen molar-refractivity contribution in [2.24, 2.45) is 5.92 Å². The largest absolute Gasteiger partial charge is 0.469 e. The average Bonchev–Trinajstić information content (AvgIpc) is 2.23. The molecule has 0 heterocycles. The maximum absolute atomic E-state index is 11.7. The summed E-state index contributed by atoms with van der Waals surface area (Å²) < 4.78 is 9.97. The standard InChI is InChI=1S/C12H23NO4/c1-9(11(15)16-6)7-13(5)10(14)8-17-12(2,3)4/h9H,7-8H2,1-6H3. The van der Waals surface area contributed by atoms with Gasteiger partial charge in [-0.1, -0.05) is 6.92 Å². The molecule has 100 valence electrons. The van der Waals surface area contributed by atoms with Gasteiger partial charge in [-0.3, -0.25) is 9.59 Å². The fourth-order valence-electron chi connectivity index (χ4n) is 1.18. The van der Waals surface area contributed by atoms with Crippen LogP contribution < -0.4 is 0 Å². The van der Waals surface area contributed by atoms with Gasteiger partial charge in [0.1, 0.15) is 6.61 Å². The lowest BCUT2D eigenvalue weighted by molar-refractivity contribution is -0.147. The molecule has 1 unspecified atom stereocenters. The smallest absolute Gasteiger partial charge is 0.310 e. The Balaban J connectivity index is 4.10. The first kappa shape index (κ1) is 15.9. The second-order valence-corrected chi connectivity index (χ2v) is 5.10. The Morgan fingerprint density at radius 2 is 1.82 bits per heavy atom. The summed E-state index contributed by atoms with van der Waals surface area (Å²) in [7, 11) is 2.98. The summed E-state index contributed by atoms with van der Waals surface area (Å²) in [5.41, 5.74) is -0.343. The topological polar surface area (TPSA) is 55.8 Å². The third kappa shape index (κ3) is 6.94. The van der Waals surface area contributed by atoms with Gasteiger partial charge in [-0.15, -0.1) is 0 Å². The molecular formula is C12H23NO4. The Labute approximate surface area is 103 Å². The van der Waals surface area contributed by atoms with E-state index >= 15 is 0 Å². The van der Waals surface area contributed by atoms with Crippen LogP contribution >= 0.6 is 0 Å². The zero-order chi connectivity index (χ0) is 13.6. The van der Waals surface area contributed by atoms with Crippen LogP contribution in [0.15, 0.2) is 0 Å². The number of ether oxygens (including phenoxy) is 2. The number of amides is 1. The van der Waals surface area contributed by atoms with Gasteiger partial charge in [0.2, 0.25) is 5.91 Å². The predicted octanol–water partition coefficient (Wildman–Crippen LogP) is 1.07. The number of carbonyl (C=O) groups excluding carboxylic acids is 2. The maximum Gasteiger partial charge on any atom is 0.310 e. The third-order valence-electron chi connectivity index (χ3n) is 2.21. The normalized spacial score (nSPS) is 13.1. The number of likely N-dealkylation sites (N-methyl/N-ethyl adjacent to an activating group) is 1. The molecule has 0 aromatic rings. The first-order valence-corrected chi connectivity index (χ1v) is 5.63. The summed E-state index contributed by atoms with van der Waals surface area (Å²) in [5, 5.41) is 0. The van der Waals surface area contributed by atoms with Crippen LogP contribution in [0.1, 0.15) is 27.7 Å². The van der Waals surface area contributed by atoms with Crippen LogP contribution in [0.25, 0.3) is 0 Å². The van der Waals surface area contributed by atoms with Gasteiger partial charge >= 0.3 is 5.97 Å². The van der Waals surface area contributed by atoms with Crippen molar-refractivity contribution in [3.63, 3.8) is 0 Å². The molecule has 0 aliphatic heterocycles. The number of carbonyl (C=O) groups is 2. The summed E-state index contributed by atoms with van der Waals surface area (Å²) in [5.74, 6) is -0.791. The lowest BCUT2D eigenvalue weighted by atomic mass is 10.1. The molecule has 0 radical (unpaired) electrons. The Kier molecular flexibility index (Phi) is 6.16. The fraction of sp³-hybridized carbons (Fsp3) is 0.833. The number of esters is 1. The molecule has 0 aromatic carbocycles.